The second-order valence-corrected chi connectivity index (χ2v) is 12.3. The molecule has 0 saturated heterocycles. The third-order valence-corrected chi connectivity index (χ3v) is 7.54. The number of aliphatic carboxylic acids is 1. The van der Waals surface area contributed by atoms with Gasteiger partial charge in [-0.3, -0.25) is 4.79 Å². The maximum absolute atomic E-state index is 15.3. The molecule has 1 aliphatic heterocycles. The van der Waals surface area contributed by atoms with Crippen molar-refractivity contribution in [2.75, 3.05) is 6.61 Å². The minimum Gasteiger partial charge on any atom is -0.490 e. The van der Waals surface area contributed by atoms with Crippen molar-refractivity contribution in [2.45, 2.75) is 66.4 Å². The fourth-order valence-corrected chi connectivity index (χ4v) is 5.58. The van der Waals surface area contributed by atoms with Crippen LogP contribution in [0, 0.1) is 26.6 Å². The predicted molar refractivity (Wildman–Crippen MR) is 171 cm³/mol. The van der Waals surface area contributed by atoms with Gasteiger partial charge >= 0.3 is 5.97 Å². The first-order valence-corrected chi connectivity index (χ1v) is 14.8. The number of fused-ring (bicyclic) bond motifs is 2. The van der Waals surface area contributed by atoms with Crippen molar-refractivity contribution in [1.29, 1.82) is 0 Å². The number of ether oxygens (including phenoxy) is 1. The number of halogens is 1. The molecule has 0 atom stereocenters. The van der Waals surface area contributed by atoms with Crippen molar-refractivity contribution < 1.29 is 24.1 Å². The number of carbonyl (C=O) groups is 1. The normalized spacial score (nSPS) is 12.7. The van der Waals surface area contributed by atoms with E-state index in [0.717, 1.165) is 34.2 Å². The minimum absolute atomic E-state index is 0.253. The van der Waals surface area contributed by atoms with Crippen molar-refractivity contribution >= 4 is 11.6 Å². The Morgan fingerprint density at radius 1 is 1.00 bits per heavy atom. The number of carboxylic acids is 1. The monoisotopic (exact) mass is 595 g/mol. The number of benzene rings is 3. The number of nitrogens with zero attached hydrogens (tertiary/aromatic N) is 3. The molecule has 7 nitrogen and oxygen atoms in total. The standard InChI is InChI=1S/C32H28FN3O3.C4H10O/c1-18-8-4-5-11-23(18)21-9-6-10-22(14-21)28-17-29-34-20(3)26(16-30(37)38)31(36(29)35-28)25-15-27(33)32-24(19(25)2)12-7-13-39-32;1-4(2,3)5/h4-6,8-11,14-15,17H,7,12-13,16H2,1-3H3,(H,37,38);5H,1-3H3. The highest BCUT2D eigenvalue weighted by Crippen LogP contribution is 2.39. The van der Waals surface area contributed by atoms with Crippen LogP contribution in [-0.2, 0) is 17.6 Å². The molecule has 228 valence electrons. The van der Waals surface area contributed by atoms with Gasteiger partial charge in [-0.2, -0.15) is 5.10 Å². The van der Waals surface area contributed by atoms with Crippen LogP contribution in [0.25, 0.3) is 39.3 Å². The van der Waals surface area contributed by atoms with Crippen molar-refractivity contribution in [2.24, 2.45) is 0 Å². The third-order valence-electron chi connectivity index (χ3n) is 7.54. The van der Waals surface area contributed by atoms with Gasteiger partial charge in [0.25, 0.3) is 0 Å². The molecule has 0 unspecified atom stereocenters. The molecule has 3 heterocycles. The quantitative estimate of drug-likeness (QED) is 0.218. The van der Waals surface area contributed by atoms with E-state index < -0.39 is 17.4 Å². The fraction of sp³-hybridized carbons (Fsp3) is 0.306. The average Bonchev–Trinajstić information content (AvgIpc) is 3.38. The molecule has 0 amide bonds. The van der Waals surface area contributed by atoms with Gasteiger partial charge < -0.3 is 14.9 Å². The first kappa shape index (κ1) is 30.9. The second-order valence-electron chi connectivity index (χ2n) is 12.3. The maximum Gasteiger partial charge on any atom is 0.307 e. The lowest BCUT2D eigenvalue weighted by molar-refractivity contribution is -0.136. The molecule has 0 saturated carbocycles. The molecule has 8 heteroatoms. The summed E-state index contributed by atoms with van der Waals surface area (Å²) in [6.45, 7) is 11.5. The van der Waals surface area contributed by atoms with E-state index in [0.29, 0.717) is 52.6 Å². The Balaban J connectivity index is 0.000000712. The van der Waals surface area contributed by atoms with Gasteiger partial charge in [-0.05, 0) is 88.8 Å². The summed E-state index contributed by atoms with van der Waals surface area (Å²) in [4.78, 5) is 16.6. The van der Waals surface area contributed by atoms with Crippen molar-refractivity contribution in [3.8, 4) is 39.4 Å². The number of hydrogen-bond acceptors (Lipinski definition) is 5. The molecular weight excluding hydrogens is 557 g/mol. The molecule has 2 aromatic heterocycles. The van der Waals surface area contributed by atoms with Crippen LogP contribution in [-0.4, -0.2) is 43.0 Å². The highest BCUT2D eigenvalue weighted by molar-refractivity contribution is 5.81. The Morgan fingerprint density at radius 2 is 1.70 bits per heavy atom. The van der Waals surface area contributed by atoms with Crippen LogP contribution in [0.4, 0.5) is 4.39 Å². The Morgan fingerprint density at radius 3 is 2.41 bits per heavy atom. The Kier molecular flexibility index (Phi) is 8.57. The lowest BCUT2D eigenvalue weighted by Gasteiger charge is -2.23. The van der Waals surface area contributed by atoms with E-state index in [4.69, 9.17) is 19.9 Å². The fourth-order valence-electron chi connectivity index (χ4n) is 5.58. The summed E-state index contributed by atoms with van der Waals surface area (Å²) in [6.07, 6.45) is 1.24. The van der Waals surface area contributed by atoms with Crippen LogP contribution in [0.15, 0.2) is 60.7 Å². The number of hydrogen-bond donors (Lipinski definition) is 2. The van der Waals surface area contributed by atoms with Gasteiger partial charge in [0.05, 0.1) is 30.0 Å². The van der Waals surface area contributed by atoms with E-state index in [1.165, 1.54) is 11.6 Å². The molecule has 0 bridgehead atoms. The van der Waals surface area contributed by atoms with Crippen LogP contribution >= 0.6 is 0 Å². The zero-order chi connectivity index (χ0) is 31.8. The Hall–Kier alpha value is -4.56. The Bertz CT molecular complexity index is 1860. The van der Waals surface area contributed by atoms with Crippen molar-refractivity contribution in [3.63, 3.8) is 0 Å². The maximum atomic E-state index is 15.3. The Labute approximate surface area is 257 Å². The van der Waals surface area contributed by atoms with Crippen molar-refractivity contribution in [1.82, 2.24) is 14.6 Å². The van der Waals surface area contributed by atoms with E-state index in [1.54, 1.807) is 32.2 Å². The molecule has 6 rings (SSSR count). The summed E-state index contributed by atoms with van der Waals surface area (Å²) in [6, 6.07) is 19.7. The second kappa shape index (κ2) is 12.2. The van der Waals surface area contributed by atoms with Gasteiger partial charge in [0, 0.05) is 34.0 Å². The number of aliphatic hydroxyl groups is 1. The van der Waals surface area contributed by atoms with Crippen LogP contribution < -0.4 is 4.74 Å². The zero-order valence-electron chi connectivity index (χ0n) is 26.0. The third kappa shape index (κ3) is 6.50. The van der Waals surface area contributed by atoms with Gasteiger partial charge in [0.2, 0.25) is 0 Å². The first-order chi connectivity index (χ1) is 20.8. The number of rotatable bonds is 5. The molecular formula is C36H38FN3O4. The average molecular weight is 596 g/mol. The van der Waals surface area contributed by atoms with E-state index in [2.05, 4.69) is 31.2 Å². The van der Waals surface area contributed by atoms with E-state index >= 15 is 4.39 Å². The molecule has 1 aliphatic rings. The smallest absolute Gasteiger partial charge is 0.307 e. The van der Waals surface area contributed by atoms with E-state index in [9.17, 15) is 9.90 Å². The largest absolute Gasteiger partial charge is 0.490 e. The van der Waals surface area contributed by atoms with Gasteiger partial charge in [-0.15, -0.1) is 0 Å². The molecule has 0 aliphatic carbocycles. The van der Waals surface area contributed by atoms with E-state index in [1.807, 2.05) is 37.3 Å². The SMILES string of the molecule is CC(C)(C)O.Cc1ccccc1-c1cccc(-c2cc3nc(C)c(CC(=O)O)c(-c4cc(F)c5c(c4C)CCCO5)n3n2)c1. The molecule has 3 aromatic carbocycles. The first-order valence-electron chi connectivity index (χ1n) is 14.8. The van der Waals surface area contributed by atoms with Crippen LogP contribution in [0.2, 0.25) is 0 Å². The predicted octanol–water partition coefficient (Wildman–Crippen LogP) is 7.52. The summed E-state index contributed by atoms with van der Waals surface area (Å²) < 4.78 is 22.6. The van der Waals surface area contributed by atoms with Crippen LogP contribution in [0.3, 0.4) is 0 Å². The molecule has 44 heavy (non-hydrogen) atoms. The lowest BCUT2D eigenvalue weighted by atomic mass is 9.91. The summed E-state index contributed by atoms with van der Waals surface area (Å²) in [7, 11) is 0. The number of carboxylic acid groups (broad SMARTS) is 1. The number of aryl methyl sites for hydroxylation is 2. The van der Waals surface area contributed by atoms with Gasteiger partial charge in [0.1, 0.15) is 0 Å². The molecule has 0 fully saturated rings. The lowest BCUT2D eigenvalue weighted by Crippen LogP contribution is -2.14. The molecule has 0 spiro atoms. The highest BCUT2D eigenvalue weighted by atomic mass is 19.1. The van der Waals surface area contributed by atoms with Crippen molar-refractivity contribution in [3.05, 3.63) is 94.4 Å². The summed E-state index contributed by atoms with van der Waals surface area (Å²) >= 11 is 0. The van der Waals surface area contributed by atoms with Gasteiger partial charge in [-0.25, -0.2) is 13.9 Å². The summed E-state index contributed by atoms with van der Waals surface area (Å²) in [5.74, 6) is -1.15. The van der Waals surface area contributed by atoms with Crippen LogP contribution in [0.5, 0.6) is 5.75 Å². The minimum atomic E-state index is -0.988. The molecule has 5 aromatic rings. The van der Waals surface area contributed by atoms with Crippen LogP contribution in [0.1, 0.15) is 55.1 Å². The highest BCUT2D eigenvalue weighted by Gasteiger charge is 2.26. The topological polar surface area (TPSA) is 97.0 Å². The summed E-state index contributed by atoms with van der Waals surface area (Å²) in [5.41, 5.74) is 9.00. The summed E-state index contributed by atoms with van der Waals surface area (Å²) in [5, 5.41) is 23.2. The van der Waals surface area contributed by atoms with Gasteiger partial charge in [-0.1, -0.05) is 42.5 Å². The zero-order valence-corrected chi connectivity index (χ0v) is 26.0. The molecule has 2 N–H and O–H groups in total. The number of aromatic nitrogens is 3. The van der Waals surface area contributed by atoms with Gasteiger partial charge in [0.15, 0.2) is 17.2 Å². The van der Waals surface area contributed by atoms with E-state index in [-0.39, 0.29) is 6.42 Å². The molecule has 0 radical (unpaired) electrons.